The Morgan fingerprint density at radius 3 is 2.41 bits per heavy atom. The zero-order chi connectivity index (χ0) is 20.0. The molecule has 1 amide bonds. The standard InChI is InChI=1S/C17H18ClFN2O5S/c1-3-25-12-4-6-13(7-5-12)26-11(2)17(22)20-21-27(23,24)14-8-9-16(19)15(18)10-14/h4-11,21H,3H2,1-2H3,(H,20,22)/t11-/m1/s1. The lowest BCUT2D eigenvalue weighted by Crippen LogP contribution is -2.47. The molecular formula is C17H18ClFN2O5S. The maximum atomic E-state index is 13.1. The van der Waals surface area contributed by atoms with Crippen LogP contribution in [0.3, 0.4) is 0 Å². The number of rotatable bonds is 8. The Bertz CT molecular complexity index is 906. The predicted octanol–water partition coefficient (Wildman–Crippen LogP) is 2.65. The van der Waals surface area contributed by atoms with E-state index in [1.807, 2.05) is 17.2 Å². The number of halogens is 2. The van der Waals surface area contributed by atoms with Crippen molar-refractivity contribution < 1.29 is 27.1 Å². The molecule has 1 atom stereocenters. The topological polar surface area (TPSA) is 93.7 Å². The summed E-state index contributed by atoms with van der Waals surface area (Å²) in [5.41, 5.74) is 2.04. The molecule has 27 heavy (non-hydrogen) atoms. The molecule has 2 rings (SSSR count). The number of nitrogens with one attached hydrogen (secondary N) is 2. The van der Waals surface area contributed by atoms with Crippen LogP contribution in [0.5, 0.6) is 11.5 Å². The van der Waals surface area contributed by atoms with Gasteiger partial charge in [0.25, 0.3) is 15.9 Å². The number of hydrazine groups is 1. The molecule has 0 aliphatic heterocycles. The van der Waals surface area contributed by atoms with E-state index in [0.29, 0.717) is 18.1 Å². The van der Waals surface area contributed by atoms with Crippen molar-refractivity contribution in [1.29, 1.82) is 0 Å². The minimum atomic E-state index is -4.12. The molecule has 0 aliphatic carbocycles. The molecule has 0 heterocycles. The summed E-state index contributed by atoms with van der Waals surface area (Å²) in [5, 5.41) is -0.351. The molecule has 0 saturated heterocycles. The van der Waals surface area contributed by atoms with E-state index < -0.39 is 27.9 Å². The fourth-order valence-electron chi connectivity index (χ4n) is 1.96. The predicted molar refractivity (Wildman–Crippen MR) is 97.6 cm³/mol. The van der Waals surface area contributed by atoms with Gasteiger partial charge < -0.3 is 9.47 Å². The first-order valence-electron chi connectivity index (χ1n) is 7.89. The van der Waals surface area contributed by atoms with Gasteiger partial charge in [-0.1, -0.05) is 11.6 Å². The van der Waals surface area contributed by atoms with Gasteiger partial charge in [0, 0.05) is 0 Å². The summed E-state index contributed by atoms with van der Waals surface area (Å²) in [6, 6.07) is 9.49. The summed E-state index contributed by atoms with van der Waals surface area (Å²) in [5.74, 6) is -0.403. The van der Waals surface area contributed by atoms with Crippen LogP contribution in [-0.4, -0.2) is 27.0 Å². The van der Waals surface area contributed by atoms with Gasteiger partial charge in [0.2, 0.25) is 0 Å². The number of carbonyl (C=O) groups is 1. The third-order valence-corrected chi connectivity index (χ3v) is 4.86. The Kier molecular flexibility index (Phi) is 7.00. The van der Waals surface area contributed by atoms with Crippen molar-refractivity contribution >= 4 is 27.5 Å². The Labute approximate surface area is 161 Å². The van der Waals surface area contributed by atoms with Gasteiger partial charge in [-0.25, -0.2) is 12.8 Å². The first-order chi connectivity index (χ1) is 12.7. The molecule has 0 spiro atoms. The van der Waals surface area contributed by atoms with Crippen molar-refractivity contribution in [3.63, 3.8) is 0 Å². The largest absolute Gasteiger partial charge is 0.494 e. The van der Waals surface area contributed by atoms with Crippen molar-refractivity contribution in [1.82, 2.24) is 10.3 Å². The van der Waals surface area contributed by atoms with Crippen LogP contribution < -0.4 is 19.7 Å². The van der Waals surface area contributed by atoms with E-state index in [9.17, 15) is 17.6 Å². The molecular weight excluding hydrogens is 399 g/mol. The molecule has 0 saturated carbocycles. The second-order valence-electron chi connectivity index (χ2n) is 5.34. The average molecular weight is 417 g/mol. The molecule has 0 fully saturated rings. The van der Waals surface area contributed by atoms with Gasteiger partial charge in [-0.05, 0) is 56.3 Å². The van der Waals surface area contributed by atoms with Crippen LogP contribution >= 0.6 is 11.6 Å². The molecule has 10 heteroatoms. The van der Waals surface area contributed by atoms with Crippen LogP contribution in [0, 0.1) is 5.82 Å². The van der Waals surface area contributed by atoms with Gasteiger partial charge in [0.15, 0.2) is 6.10 Å². The smallest absolute Gasteiger partial charge is 0.275 e. The van der Waals surface area contributed by atoms with Crippen LogP contribution in [-0.2, 0) is 14.8 Å². The van der Waals surface area contributed by atoms with Crippen molar-refractivity contribution in [2.75, 3.05) is 6.61 Å². The van der Waals surface area contributed by atoms with E-state index in [1.54, 1.807) is 24.3 Å². The average Bonchev–Trinajstić information content (AvgIpc) is 2.63. The molecule has 0 radical (unpaired) electrons. The first-order valence-corrected chi connectivity index (χ1v) is 9.75. The third kappa shape index (κ3) is 5.81. The Morgan fingerprint density at radius 2 is 1.81 bits per heavy atom. The summed E-state index contributed by atoms with van der Waals surface area (Å²) in [4.78, 5) is 13.7. The lowest BCUT2D eigenvalue weighted by Gasteiger charge is -2.15. The van der Waals surface area contributed by atoms with Crippen LogP contribution in [0.25, 0.3) is 0 Å². The molecule has 146 valence electrons. The molecule has 2 N–H and O–H groups in total. The highest BCUT2D eigenvalue weighted by atomic mass is 35.5. The molecule has 7 nitrogen and oxygen atoms in total. The second kappa shape index (κ2) is 9.03. The summed E-state index contributed by atoms with van der Waals surface area (Å²) in [7, 11) is -4.12. The Hall–Kier alpha value is -2.36. The second-order valence-corrected chi connectivity index (χ2v) is 7.42. The fourth-order valence-corrected chi connectivity index (χ4v) is 3.08. The van der Waals surface area contributed by atoms with E-state index in [1.165, 1.54) is 6.92 Å². The quantitative estimate of drug-likeness (QED) is 0.645. The Morgan fingerprint density at radius 1 is 1.19 bits per heavy atom. The number of sulfonamides is 1. The van der Waals surface area contributed by atoms with Crippen molar-refractivity contribution in [3.05, 3.63) is 53.3 Å². The van der Waals surface area contributed by atoms with E-state index in [4.69, 9.17) is 21.1 Å². The summed E-state index contributed by atoms with van der Waals surface area (Å²) in [6.07, 6.45) is -0.984. The van der Waals surface area contributed by atoms with Crippen molar-refractivity contribution in [3.8, 4) is 11.5 Å². The summed E-state index contributed by atoms with van der Waals surface area (Å²) >= 11 is 5.57. The zero-order valence-electron chi connectivity index (χ0n) is 14.5. The number of amides is 1. The molecule has 0 bridgehead atoms. The van der Waals surface area contributed by atoms with Crippen LogP contribution in [0.15, 0.2) is 47.4 Å². The number of hydrogen-bond donors (Lipinski definition) is 2. The Balaban J connectivity index is 1.94. The van der Waals surface area contributed by atoms with E-state index in [2.05, 4.69) is 0 Å². The number of ether oxygens (including phenoxy) is 2. The SMILES string of the molecule is CCOc1ccc(O[C@H](C)C(=O)NNS(=O)(=O)c2ccc(F)c(Cl)c2)cc1. The molecule has 2 aromatic carbocycles. The monoisotopic (exact) mass is 416 g/mol. The normalized spacial score (nSPS) is 12.3. The molecule has 0 aromatic heterocycles. The third-order valence-electron chi connectivity index (χ3n) is 3.33. The molecule has 0 aliphatic rings. The lowest BCUT2D eigenvalue weighted by atomic mass is 10.3. The minimum Gasteiger partial charge on any atom is -0.494 e. The van der Waals surface area contributed by atoms with Gasteiger partial charge in [-0.3, -0.25) is 10.2 Å². The highest BCUT2D eigenvalue weighted by Gasteiger charge is 2.20. The molecule has 2 aromatic rings. The van der Waals surface area contributed by atoms with Crippen LogP contribution in [0.4, 0.5) is 4.39 Å². The lowest BCUT2D eigenvalue weighted by molar-refractivity contribution is -0.127. The van der Waals surface area contributed by atoms with Gasteiger partial charge in [-0.15, -0.1) is 4.83 Å². The summed E-state index contributed by atoms with van der Waals surface area (Å²) < 4.78 is 48.1. The van der Waals surface area contributed by atoms with Crippen molar-refractivity contribution in [2.45, 2.75) is 24.8 Å². The minimum absolute atomic E-state index is 0.297. The number of hydrogen-bond acceptors (Lipinski definition) is 5. The number of benzene rings is 2. The first kappa shape index (κ1) is 20.9. The van der Waals surface area contributed by atoms with E-state index in [-0.39, 0.29) is 9.92 Å². The van der Waals surface area contributed by atoms with Gasteiger partial charge in [-0.2, -0.15) is 0 Å². The number of carbonyl (C=O) groups excluding carboxylic acids is 1. The highest BCUT2D eigenvalue weighted by Crippen LogP contribution is 2.20. The maximum absolute atomic E-state index is 13.1. The maximum Gasteiger partial charge on any atom is 0.275 e. The van der Waals surface area contributed by atoms with Crippen LogP contribution in [0.2, 0.25) is 5.02 Å². The fraction of sp³-hybridized carbons (Fsp3) is 0.235. The van der Waals surface area contributed by atoms with Gasteiger partial charge >= 0.3 is 0 Å². The van der Waals surface area contributed by atoms with Crippen LogP contribution in [0.1, 0.15) is 13.8 Å². The van der Waals surface area contributed by atoms with Gasteiger partial charge in [0.1, 0.15) is 17.3 Å². The van der Waals surface area contributed by atoms with E-state index >= 15 is 0 Å². The van der Waals surface area contributed by atoms with E-state index in [0.717, 1.165) is 18.2 Å². The molecule has 0 unspecified atom stereocenters. The highest BCUT2D eigenvalue weighted by molar-refractivity contribution is 7.89. The zero-order valence-corrected chi connectivity index (χ0v) is 16.1. The summed E-state index contributed by atoms with van der Waals surface area (Å²) in [6.45, 7) is 3.84. The van der Waals surface area contributed by atoms with Crippen molar-refractivity contribution in [2.24, 2.45) is 0 Å². The van der Waals surface area contributed by atoms with Gasteiger partial charge in [0.05, 0.1) is 16.5 Å².